The van der Waals surface area contributed by atoms with Gasteiger partial charge < -0.3 is 20.3 Å². The molecule has 6 nitrogen and oxygen atoms in total. The molecule has 0 unspecified atom stereocenters. The number of methoxy groups -OCH3 is 1. The number of carbonyl (C=O) groups excluding carboxylic acids is 1. The van der Waals surface area contributed by atoms with E-state index in [9.17, 15) is 4.79 Å². The maximum atomic E-state index is 12.0. The maximum absolute atomic E-state index is 12.0. The highest BCUT2D eigenvalue weighted by atomic mass is 16.5. The van der Waals surface area contributed by atoms with Crippen molar-refractivity contribution in [1.82, 2.24) is 10.2 Å². The molecule has 2 amide bonds. The number of nitrogens with one attached hydrogen (secondary N) is 2. The normalized spacial score (nSPS) is 14.7. The fraction of sp³-hybridized carbons (Fsp3) is 0.381. The second kappa shape index (κ2) is 9.28. The number of rotatable bonds is 6. The van der Waals surface area contributed by atoms with E-state index in [4.69, 9.17) is 4.74 Å². The quantitative estimate of drug-likeness (QED) is 0.823. The Labute approximate surface area is 161 Å². The minimum atomic E-state index is -0.159. The first-order valence-corrected chi connectivity index (χ1v) is 9.37. The van der Waals surface area contributed by atoms with Crippen molar-refractivity contribution in [3.05, 3.63) is 54.1 Å². The smallest absolute Gasteiger partial charge is 0.319 e. The van der Waals surface area contributed by atoms with Crippen LogP contribution in [0.4, 0.5) is 16.2 Å². The lowest BCUT2D eigenvalue weighted by molar-refractivity contribution is 0.240. The van der Waals surface area contributed by atoms with E-state index in [1.807, 2.05) is 49.4 Å². The molecule has 0 radical (unpaired) electrons. The molecule has 0 aliphatic carbocycles. The molecular formula is C21H28N4O2. The van der Waals surface area contributed by atoms with E-state index in [1.54, 1.807) is 7.11 Å². The second-order valence-electron chi connectivity index (χ2n) is 6.75. The molecule has 2 aromatic carbocycles. The van der Waals surface area contributed by atoms with Crippen LogP contribution in [0.5, 0.6) is 5.75 Å². The molecule has 0 atom stereocenters. The number of carbonyl (C=O) groups is 1. The number of piperazine rings is 1. The zero-order chi connectivity index (χ0) is 19.1. The third-order valence-electron chi connectivity index (χ3n) is 4.79. The molecule has 0 saturated carbocycles. The molecule has 1 heterocycles. The summed E-state index contributed by atoms with van der Waals surface area (Å²) >= 11 is 0. The Morgan fingerprint density at radius 2 is 1.85 bits per heavy atom. The molecule has 1 aliphatic heterocycles. The van der Waals surface area contributed by atoms with E-state index in [0.29, 0.717) is 6.54 Å². The lowest BCUT2D eigenvalue weighted by atomic mass is 10.2. The highest BCUT2D eigenvalue weighted by Gasteiger charge is 2.19. The van der Waals surface area contributed by atoms with Crippen molar-refractivity contribution in [2.45, 2.75) is 6.92 Å². The molecule has 0 aromatic heterocycles. The minimum Gasteiger partial charge on any atom is -0.495 e. The molecule has 0 bridgehead atoms. The van der Waals surface area contributed by atoms with Gasteiger partial charge in [0.05, 0.1) is 12.8 Å². The zero-order valence-electron chi connectivity index (χ0n) is 16.1. The summed E-state index contributed by atoms with van der Waals surface area (Å²) in [5.74, 6) is 0.917. The highest BCUT2D eigenvalue weighted by Crippen LogP contribution is 2.28. The van der Waals surface area contributed by atoms with Gasteiger partial charge in [0.2, 0.25) is 0 Å². The number of benzene rings is 2. The first-order chi connectivity index (χ1) is 13.2. The topological polar surface area (TPSA) is 56.8 Å². The van der Waals surface area contributed by atoms with E-state index in [-0.39, 0.29) is 6.03 Å². The van der Waals surface area contributed by atoms with Gasteiger partial charge in [-0.3, -0.25) is 4.90 Å². The van der Waals surface area contributed by atoms with Gasteiger partial charge in [0, 0.05) is 45.0 Å². The Hall–Kier alpha value is -2.73. The standard InChI is InChI=1S/C21H28N4O2/c1-17-6-5-7-18(16-17)23-21(26)22-10-11-24-12-14-25(15-13-24)19-8-3-4-9-20(19)27-2/h3-9,16H,10-15H2,1-2H3,(H2,22,23,26). The molecule has 3 rings (SSSR count). The van der Waals surface area contributed by atoms with Gasteiger partial charge in [-0.1, -0.05) is 24.3 Å². The number of hydrogen-bond donors (Lipinski definition) is 2. The van der Waals surface area contributed by atoms with Crippen LogP contribution in [-0.2, 0) is 0 Å². The molecule has 1 fully saturated rings. The summed E-state index contributed by atoms with van der Waals surface area (Å²) in [6, 6.07) is 15.8. The third kappa shape index (κ3) is 5.37. The summed E-state index contributed by atoms with van der Waals surface area (Å²) < 4.78 is 5.46. The van der Waals surface area contributed by atoms with Crippen molar-refractivity contribution in [3.8, 4) is 5.75 Å². The summed E-state index contributed by atoms with van der Waals surface area (Å²) in [6.07, 6.45) is 0. The molecule has 27 heavy (non-hydrogen) atoms. The number of hydrogen-bond acceptors (Lipinski definition) is 4. The van der Waals surface area contributed by atoms with Crippen LogP contribution in [0.2, 0.25) is 0 Å². The van der Waals surface area contributed by atoms with Crippen molar-refractivity contribution < 1.29 is 9.53 Å². The fourth-order valence-corrected chi connectivity index (χ4v) is 3.33. The molecule has 1 saturated heterocycles. The number of aryl methyl sites for hydroxylation is 1. The molecular weight excluding hydrogens is 340 g/mol. The number of para-hydroxylation sites is 2. The predicted molar refractivity (Wildman–Crippen MR) is 110 cm³/mol. The van der Waals surface area contributed by atoms with Gasteiger partial charge in [-0.15, -0.1) is 0 Å². The average Bonchev–Trinajstić information content (AvgIpc) is 2.68. The molecule has 144 valence electrons. The van der Waals surface area contributed by atoms with Crippen LogP contribution >= 0.6 is 0 Å². The fourth-order valence-electron chi connectivity index (χ4n) is 3.33. The Kier molecular flexibility index (Phi) is 6.54. The van der Waals surface area contributed by atoms with Gasteiger partial charge in [0.25, 0.3) is 0 Å². The second-order valence-corrected chi connectivity index (χ2v) is 6.75. The minimum absolute atomic E-state index is 0.159. The van der Waals surface area contributed by atoms with Gasteiger partial charge in [0.1, 0.15) is 5.75 Å². The van der Waals surface area contributed by atoms with Crippen molar-refractivity contribution in [3.63, 3.8) is 0 Å². The van der Waals surface area contributed by atoms with Crippen LogP contribution in [0.1, 0.15) is 5.56 Å². The summed E-state index contributed by atoms with van der Waals surface area (Å²) in [5.41, 5.74) is 3.09. The van der Waals surface area contributed by atoms with Gasteiger partial charge in [-0.05, 0) is 36.8 Å². The van der Waals surface area contributed by atoms with Crippen molar-refractivity contribution >= 4 is 17.4 Å². The van der Waals surface area contributed by atoms with Gasteiger partial charge >= 0.3 is 6.03 Å². The zero-order valence-corrected chi connectivity index (χ0v) is 16.1. The van der Waals surface area contributed by atoms with Crippen LogP contribution < -0.4 is 20.3 Å². The number of urea groups is 1. The van der Waals surface area contributed by atoms with E-state index >= 15 is 0 Å². The number of anilines is 2. The summed E-state index contributed by atoms with van der Waals surface area (Å²) in [4.78, 5) is 16.7. The molecule has 1 aliphatic rings. The van der Waals surface area contributed by atoms with Crippen LogP contribution in [0, 0.1) is 6.92 Å². The largest absolute Gasteiger partial charge is 0.495 e. The van der Waals surface area contributed by atoms with Crippen LogP contribution in [-0.4, -0.2) is 57.3 Å². The Morgan fingerprint density at radius 3 is 2.59 bits per heavy atom. The third-order valence-corrected chi connectivity index (χ3v) is 4.79. The molecule has 0 spiro atoms. The average molecular weight is 368 g/mol. The Balaban J connectivity index is 1.39. The number of nitrogens with zero attached hydrogens (tertiary/aromatic N) is 2. The molecule has 2 N–H and O–H groups in total. The van der Waals surface area contributed by atoms with Crippen LogP contribution in [0.25, 0.3) is 0 Å². The SMILES string of the molecule is COc1ccccc1N1CCN(CCNC(=O)Nc2cccc(C)c2)CC1. The van der Waals surface area contributed by atoms with Gasteiger partial charge in [-0.2, -0.15) is 0 Å². The van der Waals surface area contributed by atoms with E-state index in [0.717, 1.165) is 55.4 Å². The Morgan fingerprint density at radius 1 is 1.07 bits per heavy atom. The predicted octanol–water partition coefficient (Wildman–Crippen LogP) is 2.95. The summed E-state index contributed by atoms with van der Waals surface area (Å²) in [5, 5.41) is 5.80. The van der Waals surface area contributed by atoms with Gasteiger partial charge in [-0.25, -0.2) is 4.79 Å². The monoisotopic (exact) mass is 368 g/mol. The van der Waals surface area contributed by atoms with Crippen molar-refractivity contribution in [2.24, 2.45) is 0 Å². The summed E-state index contributed by atoms with van der Waals surface area (Å²) in [6.45, 7) is 7.34. The first-order valence-electron chi connectivity index (χ1n) is 9.37. The first kappa shape index (κ1) is 19.0. The van der Waals surface area contributed by atoms with E-state index in [2.05, 4.69) is 26.5 Å². The van der Waals surface area contributed by atoms with Crippen molar-refractivity contribution in [1.29, 1.82) is 0 Å². The lowest BCUT2D eigenvalue weighted by Gasteiger charge is -2.36. The molecule has 2 aromatic rings. The van der Waals surface area contributed by atoms with E-state index in [1.165, 1.54) is 0 Å². The Bertz CT molecular complexity index is 757. The number of ether oxygens (including phenoxy) is 1. The lowest BCUT2D eigenvalue weighted by Crippen LogP contribution is -2.48. The summed E-state index contributed by atoms with van der Waals surface area (Å²) in [7, 11) is 1.71. The van der Waals surface area contributed by atoms with Crippen LogP contribution in [0.15, 0.2) is 48.5 Å². The number of amides is 2. The highest BCUT2D eigenvalue weighted by molar-refractivity contribution is 5.89. The maximum Gasteiger partial charge on any atom is 0.319 e. The van der Waals surface area contributed by atoms with E-state index < -0.39 is 0 Å². The van der Waals surface area contributed by atoms with Crippen LogP contribution in [0.3, 0.4) is 0 Å². The van der Waals surface area contributed by atoms with Crippen molar-refractivity contribution in [2.75, 3.05) is 56.6 Å². The molecule has 6 heteroatoms. The van der Waals surface area contributed by atoms with Gasteiger partial charge in [0.15, 0.2) is 0 Å².